The maximum Gasteiger partial charge on any atom is 0.270 e. The van der Waals surface area contributed by atoms with Crippen LogP contribution >= 0.6 is 11.6 Å². The predicted molar refractivity (Wildman–Crippen MR) is 156 cm³/mol. The number of nitrogens with zero attached hydrogens (tertiary/aromatic N) is 5. The maximum atomic E-state index is 13.1. The van der Waals surface area contributed by atoms with Crippen LogP contribution in [0.3, 0.4) is 0 Å². The molecule has 5 heterocycles. The van der Waals surface area contributed by atoms with Gasteiger partial charge in [-0.1, -0.05) is 17.7 Å². The van der Waals surface area contributed by atoms with Crippen molar-refractivity contribution in [3.05, 3.63) is 58.4 Å². The summed E-state index contributed by atoms with van der Waals surface area (Å²) in [4.78, 5) is 30.6. The van der Waals surface area contributed by atoms with E-state index < -0.39 is 6.10 Å². The number of hydrogen-bond donors (Lipinski definition) is 3. The summed E-state index contributed by atoms with van der Waals surface area (Å²) < 4.78 is 16.3. The molecule has 0 radical (unpaired) electrons. The second kappa shape index (κ2) is 13.2. The van der Waals surface area contributed by atoms with Gasteiger partial charge in [-0.3, -0.25) is 9.69 Å². The van der Waals surface area contributed by atoms with E-state index in [2.05, 4.69) is 35.4 Å². The topological polar surface area (TPSA) is 138 Å². The van der Waals surface area contributed by atoms with Crippen LogP contribution in [-0.4, -0.2) is 88.9 Å². The average molecular weight is 598 g/mol. The number of aromatic nitrogens is 3. The predicted octanol–water partition coefficient (Wildman–Crippen LogP) is 2.65. The number of oxazole rings is 1. The summed E-state index contributed by atoms with van der Waals surface area (Å²) >= 11 is 6.66. The monoisotopic (exact) mass is 597 g/mol. The number of β-amino-alcohol motifs (C(OH)–C–C–N with tert-alkyl or cyclic N) is 1. The highest BCUT2D eigenvalue weighted by molar-refractivity contribution is 6.33. The normalized spacial score (nSPS) is 18.2. The number of ether oxygens (including phenoxy) is 2. The highest BCUT2D eigenvalue weighted by Crippen LogP contribution is 2.34. The van der Waals surface area contributed by atoms with Crippen LogP contribution in [-0.2, 0) is 24.3 Å². The summed E-state index contributed by atoms with van der Waals surface area (Å²) in [7, 11) is 0. The van der Waals surface area contributed by atoms with Crippen molar-refractivity contribution in [2.24, 2.45) is 0 Å². The average Bonchev–Trinajstić information content (AvgIpc) is 3.51. The first-order valence-electron chi connectivity index (χ1n) is 14.5. The first-order valence-corrected chi connectivity index (χ1v) is 14.9. The number of amides is 1. The third kappa shape index (κ3) is 6.95. The molecule has 1 aromatic carbocycles. The molecule has 0 spiro atoms. The zero-order valence-corrected chi connectivity index (χ0v) is 24.2. The summed E-state index contributed by atoms with van der Waals surface area (Å²) in [6.07, 6.45) is 6.31. The fourth-order valence-electron chi connectivity index (χ4n) is 5.43. The summed E-state index contributed by atoms with van der Waals surface area (Å²) in [6, 6.07) is 5.71. The van der Waals surface area contributed by atoms with Gasteiger partial charge in [0.15, 0.2) is 12.2 Å². The molecule has 2 saturated heterocycles. The van der Waals surface area contributed by atoms with E-state index in [1.165, 1.54) is 12.8 Å². The molecule has 13 heteroatoms. The number of anilines is 2. The van der Waals surface area contributed by atoms with Crippen LogP contribution in [0.15, 0.2) is 35.2 Å². The van der Waals surface area contributed by atoms with E-state index in [1.54, 1.807) is 12.3 Å². The molecule has 6 rings (SSSR count). The minimum atomic E-state index is -0.747. The molecule has 0 bridgehead atoms. The Balaban J connectivity index is 1.03. The summed E-state index contributed by atoms with van der Waals surface area (Å²) in [5.74, 6) is 2.07. The molecule has 12 nitrogen and oxygen atoms in total. The van der Waals surface area contributed by atoms with Crippen LogP contribution in [0.5, 0.6) is 5.75 Å². The molecular weight excluding hydrogens is 562 g/mol. The SMILES string of the molecule is O=C(NCC(O)CN1CCc2c(ccc(OCc3cnco3)c2Cl)C1)c1cc(NC2COC2)nc(N2CCCCC2)n1. The standard InChI is InChI=1S/C29H36ClN7O5/c30-27-23-6-9-36(13-19(23)4-5-25(27)41-17-22-12-31-18-42-22)14-21(38)11-32-28(39)24-10-26(33-20-15-40-16-20)35-29(34-24)37-7-2-1-3-8-37/h4-5,10,12,18,20-21,38H,1-3,6-9,11,13-17H2,(H,32,39)(H,33,34,35). The number of hydrogen-bond acceptors (Lipinski definition) is 11. The molecule has 3 N–H and O–H groups in total. The summed E-state index contributed by atoms with van der Waals surface area (Å²) in [5, 5.41) is 17.6. The first-order chi connectivity index (χ1) is 20.5. The Morgan fingerprint density at radius 3 is 2.81 bits per heavy atom. The minimum absolute atomic E-state index is 0.111. The van der Waals surface area contributed by atoms with Crippen molar-refractivity contribution in [1.82, 2.24) is 25.2 Å². The molecule has 2 aromatic heterocycles. The number of halogens is 1. The Morgan fingerprint density at radius 2 is 2.05 bits per heavy atom. The molecular formula is C29H36ClN7O5. The number of benzene rings is 1. The molecule has 0 saturated carbocycles. The van der Waals surface area contributed by atoms with E-state index in [0.29, 0.717) is 54.6 Å². The van der Waals surface area contributed by atoms with Gasteiger partial charge in [0, 0.05) is 45.3 Å². The number of aliphatic hydroxyl groups is 1. The Bertz CT molecular complexity index is 1360. The first kappa shape index (κ1) is 28.7. The lowest BCUT2D eigenvalue weighted by Gasteiger charge is -2.31. The molecule has 3 aliphatic heterocycles. The Morgan fingerprint density at radius 1 is 1.19 bits per heavy atom. The lowest BCUT2D eigenvalue weighted by atomic mass is 9.99. The van der Waals surface area contributed by atoms with Crippen LogP contribution in [0, 0.1) is 0 Å². The smallest absolute Gasteiger partial charge is 0.270 e. The van der Waals surface area contributed by atoms with Crippen molar-refractivity contribution >= 4 is 29.3 Å². The van der Waals surface area contributed by atoms with E-state index in [-0.39, 0.29) is 30.8 Å². The van der Waals surface area contributed by atoms with Gasteiger partial charge >= 0.3 is 0 Å². The van der Waals surface area contributed by atoms with Crippen LogP contribution in [0.1, 0.15) is 46.6 Å². The van der Waals surface area contributed by atoms with Gasteiger partial charge in [-0.15, -0.1) is 0 Å². The molecule has 1 amide bonds. The third-order valence-electron chi connectivity index (χ3n) is 7.77. The Labute approximate surface area is 249 Å². The van der Waals surface area contributed by atoms with E-state index >= 15 is 0 Å². The number of nitrogens with one attached hydrogen (secondary N) is 2. The van der Waals surface area contributed by atoms with Crippen molar-refractivity contribution in [3.8, 4) is 5.75 Å². The number of aliphatic hydroxyl groups excluding tert-OH is 1. The maximum absolute atomic E-state index is 13.1. The Kier molecular flexibility index (Phi) is 9.04. The lowest BCUT2D eigenvalue weighted by molar-refractivity contribution is 0.0209. The van der Waals surface area contributed by atoms with E-state index in [9.17, 15) is 9.90 Å². The van der Waals surface area contributed by atoms with E-state index in [4.69, 9.17) is 25.5 Å². The molecule has 1 unspecified atom stereocenters. The molecule has 3 aliphatic rings. The largest absolute Gasteiger partial charge is 0.484 e. The fraction of sp³-hybridized carbons (Fsp3) is 0.517. The van der Waals surface area contributed by atoms with Gasteiger partial charge < -0.3 is 34.5 Å². The summed E-state index contributed by atoms with van der Waals surface area (Å²) in [6.45, 7) is 5.13. The number of fused-ring (bicyclic) bond motifs is 1. The lowest BCUT2D eigenvalue weighted by Crippen LogP contribution is -2.42. The zero-order chi connectivity index (χ0) is 28.9. The third-order valence-corrected chi connectivity index (χ3v) is 8.19. The number of rotatable bonds is 11. The van der Waals surface area contributed by atoms with Crippen molar-refractivity contribution < 1.29 is 23.8 Å². The Hall–Kier alpha value is -3.45. The molecule has 224 valence electrons. The van der Waals surface area contributed by atoms with Crippen LogP contribution in [0.25, 0.3) is 0 Å². The summed E-state index contributed by atoms with van der Waals surface area (Å²) in [5.41, 5.74) is 2.43. The van der Waals surface area contributed by atoms with Gasteiger partial charge in [0.05, 0.1) is 36.6 Å². The minimum Gasteiger partial charge on any atom is -0.484 e. The van der Waals surface area contributed by atoms with Gasteiger partial charge in [0.25, 0.3) is 5.91 Å². The van der Waals surface area contributed by atoms with Crippen molar-refractivity contribution in [2.45, 2.75) is 51.0 Å². The van der Waals surface area contributed by atoms with Crippen molar-refractivity contribution in [1.29, 1.82) is 0 Å². The molecule has 3 aromatic rings. The molecule has 42 heavy (non-hydrogen) atoms. The number of carbonyl (C=O) groups is 1. The molecule has 0 aliphatic carbocycles. The molecule has 1 atom stereocenters. The van der Waals surface area contributed by atoms with Crippen LogP contribution in [0.2, 0.25) is 5.02 Å². The van der Waals surface area contributed by atoms with Crippen LogP contribution in [0.4, 0.5) is 11.8 Å². The van der Waals surface area contributed by atoms with Gasteiger partial charge in [-0.2, -0.15) is 4.98 Å². The van der Waals surface area contributed by atoms with Gasteiger partial charge in [0.1, 0.15) is 23.9 Å². The molecule has 2 fully saturated rings. The highest BCUT2D eigenvalue weighted by Gasteiger charge is 2.25. The second-order valence-electron chi connectivity index (χ2n) is 11.0. The van der Waals surface area contributed by atoms with Gasteiger partial charge in [-0.05, 0) is 42.9 Å². The fourth-order valence-corrected chi connectivity index (χ4v) is 5.76. The second-order valence-corrected chi connectivity index (χ2v) is 11.4. The van der Waals surface area contributed by atoms with Gasteiger partial charge in [0.2, 0.25) is 5.95 Å². The highest BCUT2D eigenvalue weighted by atomic mass is 35.5. The zero-order valence-electron chi connectivity index (χ0n) is 23.4. The number of piperidine rings is 1. The van der Waals surface area contributed by atoms with Gasteiger partial charge in [-0.25, -0.2) is 9.97 Å². The van der Waals surface area contributed by atoms with Crippen LogP contribution < -0.4 is 20.3 Å². The quantitative estimate of drug-likeness (QED) is 0.301. The van der Waals surface area contributed by atoms with E-state index in [1.807, 2.05) is 12.1 Å². The van der Waals surface area contributed by atoms with Crippen molar-refractivity contribution in [2.75, 3.05) is 56.2 Å². The van der Waals surface area contributed by atoms with Crippen molar-refractivity contribution in [3.63, 3.8) is 0 Å². The number of carbonyl (C=O) groups excluding carboxylic acids is 1. The van der Waals surface area contributed by atoms with E-state index in [0.717, 1.165) is 50.0 Å².